The number of carbonyl (C=O) groups is 2. The number of nitrogens with two attached hydrogens (primary N) is 1. The fourth-order valence-corrected chi connectivity index (χ4v) is 4.55. The molecule has 1 aromatic carbocycles. The summed E-state index contributed by atoms with van der Waals surface area (Å²) in [6, 6.07) is 8.69. The number of amides is 2. The molecule has 1 saturated heterocycles. The number of nitrogens with one attached hydrogen (secondary N) is 2. The lowest BCUT2D eigenvalue weighted by molar-refractivity contribution is -0.135. The van der Waals surface area contributed by atoms with Gasteiger partial charge in [0, 0.05) is 37.4 Å². The number of hydrogen-bond acceptors (Lipinski definition) is 9. The Morgan fingerprint density at radius 3 is 2.38 bits per heavy atom. The second-order valence-electron chi connectivity index (χ2n) is 8.65. The molecule has 34 heavy (non-hydrogen) atoms. The zero-order chi connectivity index (χ0) is 23.5. The molecule has 2 aromatic heterocycles. The number of nitrogens with zero attached hydrogens (tertiary/aromatic N) is 5. The van der Waals surface area contributed by atoms with E-state index in [-0.39, 0.29) is 42.0 Å². The van der Waals surface area contributed by atoms with E-state index in [4.69, 9.17) is 10.3 Å². The molecule has 11 heteroatoms. The number of rotatable bonds is 6. The van der Waals surface area contributed by atoms with Gasteiger partial charge in [-0.1, -0.05) is 24.3 Å². The van der Waals surface area contributed by atoms with Gasteiger partial charge in [0.15, 0.2) is 0 Å². The Bertz CT molecular complexity index is 1150. The highest BCUT2D eigenvalue weighted by Crippen LogP contribution is 2.24. The van der Waals surface area contributed by atoms with Crippen molar-refractivity contribution >= 4 is 17.8 Å². The van der Waals surface area contributed by atoms with Crippen molar-refractivity contribution in [1.29, 1.82) is 0 Å². The fraction of sp³-hybridized carbons (Fsp3) is 0.391. The number of carbonyl (C=O) groups excluding carboxylic acids is 2. The number of fused-ring (bicyclic) bond motifs is 1. The Balaban J connectivity index is 1.14. The average molecular weight is 463 g/mol. The number of aromatic nitrogens is 4. The van der Waals surface area contributed by atoms with Crippen molar-refractivity contribution in [3.8, 4) is 11.5 Å². The minimum Gasteiger partial charge on any atom is -0.420 e. The van der Waals surface area contributed by atoms with Gasteiger partial charge in [-0.25, -0.2) is 15.8 Å². The molecule has 3 aromatic rings. The number of hydrazine groups is 1. The van der Waals surface area contributed by atoms with E-state index in [1.807, 2.05) is 0 Å². The molecule has 0 unspecified atom stereocenters. The van der Waals surface area contributed by atoms with Gasteiger partial charge in [-0.3, -0.25) is 15.0 Å². The van der Waals surface area contributed by atoms with E-state index in [1.54, 1.807) is 17.3 Å². The number of benzene rings is 1. The van der Waals surface area contributed by atoms with E-state index < -0.39 is 0 Å². The molecule has 4 N–H and O–H groups in total. The maximum atomic E-state index is 12.6. The zero-order valence-corrected chi connectivity index (χ0v) is 18.6. The molecule has 176 valence electrons. The van der Waals surface area contributed by atoms with Crippen molar-refractivity contribution in [2.45, 2.75) is 38.1 Å². The van der Waals surface area contributed by atoms with Crippen LogP contribution < -0.4 is 16.6 Å². The fourth-order valence-electron chi connectivity index (χ4n) is 4.55. The third kappa shape index (κ3) is 4.74. The van der Waals surface area contributed by atoms with Gasteiger partial charge in [-0.05, 0) is 36.8 Å². The minimum atomic E-state index is -0.189. The maximum Gasteiger partial charge on any atom is 0.250 e. The summed E-state index contributed by atoms with van der Waals surface area (Å²) in [7, 11) is 0. The number of piperidine rings is 1. The smallest absolute Gasteiger partial charge is 0.250 e. The third-order valence-electron chi connectivity index (χ3n) is 6.41. The topological polar surface area (TPSA) is 152 Å². The van der Waals surface area contributed by atoms with Gasteiger partial charge in [0.2, 0.25) is 23.7 Å². The van der Waals surface area contributed by atoms with Gasteiger partial charge >= 0.3 is 0 Å². The van der Waals surface area contributed by atoms with Crippen LogP contribution in [-0.4, -0.2) is 56.0 Å². The molecule has 1 aliphatic carbocycles. The number of hydrogen-bond donors (Lipinski definition) is 3. The SMILES string of the molecule is NNC(=O)C1CCN(C(=O)Cc2nnc(-c3cnc(NC4Cc5ccccc5C4)nc3)o2)CC1. The van der Waals surface area contributed by atoms with Gasteiger partial charge in [0.05, 0.1) is 5.56 Å². The van der Waals surface area contributed by atoms with Crippen LogP contribution in [0.3, 0.4) is 0 Å². The highest BCUT2D eigenvalue weighted by molar-refractivity contribution is 5.80. The molecular formula is C23H26N8O3. The average Bonchev–Trinajstić information content (AvgIpc) is 3.50. The summed E-state index contributed by atoms with van der Waals surface area (Å²) in [4.78, 5) is 34.7. The van der Waals surface area contributed by atoms with Crippen LogP contribution in [0.5, 0.6) is 0 Å². The third-order valence-corrected chi connectivity index (χ3v) is 6.41. The Morgan fingerprint density at radius 2 is 1.74 bits per heavy atom. The van der Waals surface area contributed by atoms with Crippen molar-refractivity contribution in [3.05, 3.63) is 53.7 Å². The van der Waals surface area contributed by atoms with Crippen molar-refractivity contribution in [2.24, 2.45) is 11.8 Å². The van der Waals surface area contributed by atoms with E-state index >= 15 is 0 Å². The highest BCUT2D eigenvalue weighted by atomic mass is 16.4. The first kappa shape index (κ1) is 22.0. The summed E-state index contributed by atoms with van der Waals surface area (Å²) >= 11 is 0. The first-order valence-electron chi connectivity index (χ1n) is 11.4. The summed E-state index contributed by atoms with van der Waals surface area (Å²) in [6.07, 6.45) is 6.31. The molecule has 1 fully saturated rings. The molecule has 2 amide bonds. The molecule has 1 aliphatic heterocycles. The largest absolute Gasteiger partial charge is 0.420 e. The molecule has 0 radical (unpaired) electrons. The zero-order valence-electron chi connectivity index (χ0n) is 18.6. The lowest BCUT2D eigenvalue weighted by Gasteiger charge is -2.30. The summed E-state index contributed by atoms with van der Waals surface area (Å²) in [5, 5.41) is 11.4. The lowest BCUT2D eigenvalue weighted by Crippen LogP contribution is -2.45. The van der Waals surface area contributed by atoms with Gasteiger partial charge in [-0.15, -0.1) is 10.2 Å². The van der Waals surface area contributed by atoms with Gasteiger partial charge < -0.3 is 14.6 Å². The van der Waals surface area contributed by atoms with Crippen molar-refractivity contribution in [2.75, 3.05) is 18.4 Å². The summed E-state index contributed by atoms with van der Waals surface area (Å²) in [5.41, 5.74) is 5.47. The van der Waals surface area contributed by atoms with Gasteiger partial charge in [0.1, 0.15) is 6.42 Å². The molecule has 2 aliphatic rings. The Kier molecular flexibility index (Phi) is 6.17. The van der Waals surface area contributed by atoms with Crippen LogP contribution in [0, 0.1) is 5.92 Å². The quantitative estimate of drug-likeness (QED) is 0.275. The first-order chi connectivity index (χ1) is 16.6. The standard InChI is InChI=1S/C23H26N8O3/c24-28-21(33)14-5-7-31(8-6-14)20(32)11-19-29-30-22(34-19)17-12-25-23(26-13-17)27-18-9-15-3-1-2-4-16(15)10-18/h1-4,12-14,18H,5-11,24H2,(H,28,33)(H,25,26,27). The summed E-state index contributed by atoms with van der Waals surface area (Å²) < 4.78 is 5.67. The second kappa shape index (κ2) is 9.56. The van der Waals surface area contributed by atoms with E-state index in [2.05, 4.69) is 55.2 Å². The maximum absolute atomic E-state index is 12.6. The molecule has 11 nitrogen and oxygen atoms in total. The monoisotopic (exact) mass is 462 g/mol. The number of likely N-dealkylation sites (tertiary alicyclic amines) is 1. The molecule has 3 heterocycles. The first-order valence-corrected chi connectivity index (χ1v) is 11.4. The predicted molar refractivity (Wildman–Crippen MR) is 122 cm³/mol. The van der Waals surface area contributed by atoms with Crippen LogP contribution in [0.4, 0.5) is 5.95 Å². The second-order valence-corrected chi connectivity index (χ2v) is 8.65. The van der Waals surface area contributed by atoms with Crippen LogP contribution in [0.15, 0.2) is 41.1 Å². The van der Waals surface area contributed by atoms with Crippen LogP contribution >= 0.6 is 0 Å². The van der Waals surface area contributed by atoms with E-state index in [1.165, 1.54) is 11.1 Å². The van der Waals surface area contributed by atoms with Gasteiger partial charge in [-0.2, -0.15) is 0 Å². The van der Waals surface area contributed by atoms with Crippen molar-refractivity contribution in [1.82, 2.24) is 30.5 Å². The molecule has 0 atom stereocenters. The lowest BCUT2D eigenvalue weighted by atomic mass is 9.96. The normalized spacial score (nSPS) is 16.3. The minimum absolute atomic E-state index is 0.00346. The molecular weight excluding hydrogens is 436 g/mol. The van der Waals surface area contributed by atoms with E-state index in [0.29, 0.717) is 37.4 Å². The number of anilines is 1. The van der Waals surface area contributed by atoms with E-state index in [9.17, 15) is 9.59 Å². The van der Waals surface area contributed by atoms with Crippen molar-refractivity contribution < 1.29 is 14.0 Å². The van der Waals surface area contributed by atoms with Crippen LogP contribution in [0.1, 0.15) is 29.9 Å². The van der Waals surface area contributed by atoms with Crippen LogP contribution in [0.2, 0.25) is 0 Å². The molecule has 0 bridgehead atoms. The van der Waals surface area contributed by atoms with Crippen LogP contribution in [0.25, 0.3) is 11.5 Å². The predicted octanol–water partition coefficient (Wildman–Crippen LogP) is 0.877. The molecule has 0 spiro atoms. The molecule has 0 saturated carbocycles. The van der Waals surface area contributed by atoms with Crippen molar-refractivity contribution in [3.63, 3.8) is 0 Å². The van der Waals surface area contributed by atoms with Crippen LogP contribution in [-0.2, 0) is 28.9 Å². The highest BCUT2D eigenvalue weighted by Gasteiger charge is 2.28. The van der Waals surface area contributed by atoms with Gasteiger partial charge in [0.25, 0.3) is 5.89 Å². The summed E-state index contributed by atoms with van der Waals surface area (Å²) in [5.74, 6) is 5.76. The Morgan fingerprint density at radius 1 is 1.06 bits per heavy atom. The van der Waals surface area contributed by atoms with E-state index in [0.717, 1.165) is 12.8 Å². The Labute approximate surface area is 196 Å². The summed E-state index contributed by atoms with van der Waals surface area (Å²) in [6.45, 7) is 0.985. The molecule has 5 rings (SSSR count). The Hall–Kier alpha value is -3.86.